The van der Waals surface area contributed by atoms with Crippen molar-refractivity contribution in [3.63, 3.8) is 0 Å². The minimum Gasteiger partial charge on any atom is -0.396 e. The number of hydrogen-bond donors (Lipinski definition) is 2. The van der Waals surface area contributed by atoms with Crippen molar-refractivity contribution < 1.29 is 9.90 Å². The molecule has 0 aromatic carbocycles. The smallest absolute Gasteiger partial charge is 0.219 e. The van der Waals surface area contributed by atoms with Gasteiger partial charge < -0.3 is 15.3 Å². The van der Waals surface area contributed by atoms with Crippen molar-refractivity contribution in [1.82, 2.24) is 10.2 Å². The van der Waals surface area contributed by atoms with Crippen LogP contribution in [0.2, 0.25) is 0 Å². The number of piperidine rings is 1. The van der Waals surface area contributed by atoms with E-state index in [2.05, 4.69) is 19.2 Å². The number of nitrogens with one attached hydrogen (secondary N) is 1. The minimum absolute atomic E-state index is 0.147. The predicted molar refractivity (Wildman–Crippen MR) is 73.3 cm³/mol. The maximum Gasteiger partial charge on any atom is 0.219 e. The largest absolute Gasteiger partial charge is 0.396 e. The lowest BCUT2D eigenvalue weighted by Crippen LogP contribution is -2.51. The zero-order valence-corrected chi connectivity index (χ0v) is 12.0. The number of hydrogen-bond acceptors (Lipinski definition) is 3. The third kappa shape index (κ3) is 5.36. The van der Waals surface area contributed by atoms with Crippen LogP contribution in [0.3, 0.4) is 0 Å². The van der Waals surface area contributed by atoms with Crippen LogP contribution in [0.4, 0.5) is 0 Å². The first-order valence-electron chi connectivity index (χ1n) is 7.12. The van der Waals surface area contributed by atoms with Gasteiger partial charge in [-0.25, -0.2) is 0 Å². The second-order valence-corrected chi connectivity index (χ2v) is 5.87. The van der Waals surface area contributed by atoms with E-state index in [-0.39, 0.29) is 12.5 Å². The van der Waals surface area contributed by atoms with Crippen LogP contribution in [-0.2, 0) is 4.79 Å². The van der Waals surface area contributed by atoms with E-state index in [9.17, 15) is 4.79 Å². The van der Waals surface area contributed by atoms with Gasteiger partial charge in [-0.15, -0.1) is 0 Å². The molecule has 1 aliphatic rings. The Hall–Kier alpha value is -0.610. The molecule has 0 bridgehead atoms. The first kappa shape index (κ1) is 15.4. The number of carbonyl (C=O) groups is 1. The summed E-state index contributed by atoms with van der Waals surface area (Å²) < 4.78 is 0. The molecule has 1 amide bonds. The van der Waals surface area contributed by atoms with Gasteiger partial charge in [0.25, 0.3) is 0 Å². The standard InChI is InChI=1S/C14H28N2O2/c1-11(2)4-6-15-14-8-13(5-7-17)9-16(10-14)12(3)18/h11,13-15,17H,4-10H2,1-3H3. The number of carbonyl (C=O) groups excluding carboxylic acids is 1. The maximum atomic E-state index is 11.5. The van der Waals surface area contributed by atoms with Crippen molar-refractivity contribution in [1.29, 1.82) is 0 Å². The van der Waals surface area contributed by atoms with Crippen molar-refractivity contribution in [2.24, 2.45) is 11.8 Å². The van der Waals surface area contributed by atoms with Crippen molar-refractivity contribution in [3.05, 3.63) is 0 Å². The zero-order chi connectivity index (χ0) is 13.5. The van der Waals surface area contributed by atoms with Crippen LogP contribution in [0.5, 0.6) is 0 Å². The molecule has 106 valence electrons. The highest BCUT2D eigenvalue weighted by molar-refractivity contribution is 5.73. The third-order valence-electron chi connectivity index (χ3n) is 3.67. The molecule has 2 unspecified atom stereocenters. The Balaban J connectivity index is 2.42. The Morgan fingerprint density at radius 2 is 2.17 bits per heavy atom. The van der Waals surface area contributed by atoms with E-state index in [0.717, 1.165) is 32.5 Å². The molecule has 1 rings (SSSR count). The molecule has 2 atom stereocenters. The summed E-state index contributed by atoms with van der Waals surface area (Å²) in [5.74, 6) is 1.29. The third-order valence-corrected chi connectivity index (χ3v) is 3.67. The van der Waals surface area contributed by atoms with Crippen LogP contribution in [0.1, 0.15) is 40.0 Å². The van der Waals surface area contributed by atoms with E-state index in [0.29, 0.717) is 17.9 Å². The molecule has 1 saturated heterocycles. The lowest BCUT2D eigenvalue weighted by atomic mass is 9.91. The van der Waals surface area contributed by atoms with Gasteiger partial charge in [0, 0.05) is 32.7 Å². The van der Waals surface area contributed by atoms with Crippen molar-refractivity contribution >= 4 is 5.91 Å². The molecule has 0 radical (unpaired) electrons. The van der Waals surface area contributed by atoms with Crippen LogP contribution in [-0.4, -0.2) is 48.2 Å². The Labute approximate surface area is 111 Å². The Morgan fingerprint density at radius 1 is 1.44 bits per heavy atom. The van der Waals surface area contributed by atoms with E-state index in [1.165, 1.54) is 6.42 Å². The monoisotopic (exact) mass is 256 g/mol. The maximum absolute atomic E-state index is 11.5. The summed E-state index contributed by atoms with van der Waals surface area (Å²) in [5, 5.41) is 12.6. The number of aliphatic hydroxyl groups excluding tert-OH is 1. The topological polar surface area (TPSA) is 52.6 Å². The summed E-state index contributed by atoms with van der Waals surface area (Å²) in [6.45, 7) is 8.92. The highest BCUT2D eigenvalue weighted by Crippen LogP contribution is 2.20. The molecule has 2 N–H and O–H groups in total. The second-order valence-electron chi connectivity index (χ2n) is 5.87. The quantitative estimate of drug-likeness (QED) is 0.752. The molecular weight excluding hydrogens is 228 g/mol. The summed E-state index contributed by atoms with van der Waals surface area (Å²) >= 11 is 0. The summed E-state index contributed by atoms with van der Waals surface area (Å²) in [4.78, 5) is 13.4. The number of amides is 1. The second kappa shape index (κ2) is 7.74. The van der Waals surface area contributed by atoms with Crippen molar-refractivity contribution in [2.45, 2.75) is 46.1 Å². The fraction of sp³-hybridized carbons (Fsp3) is 0.929. The van der Waals surface area contributed by atoms with Crippen LogP contribution in [0.25, 0.3) is 0 Å². The minimum atomic E-state index is 0.147. The Bertz CT molecular complexity index is 256. The highest BCUT2D eigenvalue weighted by atomic mass is 16.3. The molecule has 0 aliphatic carbocycles. The molecule has 1 fully saturated rings. The van der Waals surface area contributed by atoms with Crippen LogP contribution in [0, 0.1) is 11.8 Å². The zero-order valence-electron chi connectivity index (χ0n) is 12.0. The lowest BCUT2D eigenvalue weighted by Gasteiger charge is -2.37. The van der Waals surface area contributed by atoms with Gasteiger partial charge in [-0.1, -0.05) is 13.8 Å². The Kier molecular flexibility index (Phi) is 6.65. The summed E-state index contributed by atoms with van der Waals surface area (Å²) in [6.07, 6.45) is 3.04. The molecule has 0 aromatic rings. The molecule has 4 nitrogen and oxygen atoms in total. The fourth-order valence-corrected chi connectivity index (χ4v) is 2.58. The number of rotatable bonds is 6. The summed E-state index contributed by atoms with van der Waals surface area (Å²) in [6, 6.07) is 0.387. The van der Waals surface area contributed by atoms with Gasteiger partial charge >= 0.3 is 0 Å². The number of likely N-dealkylation sites (tertiary alicyclic amines) is 1. The molecule has 1 heterocycles. The lowest BCUT2D eigenvalue weighted by molar-refractivity contribution is -0.131. The summed E-state index contributed by atoms with van der Waals surface area (Å²) in [5.41, 5.74) is 0. The van der Waals surface area contributed by atoms with Crippen LogP contribution < -0.4 is 5.32 Å². The molecule has 18 heavy (non-hydrogen) atoms. The van der Waals surface area contributed by atoms with Gasteiger partial charge in [-0.2, -0.15) is 0 Å². The first-order chi connectivity index (χ1) is 8.52. The van der Waals surface area contributed by atoms with Gasteiger partial charge in [0.1, 0.15) is 0 Å². The summed E-state index contributed by atoms with van der Waals surface area (Å²) in [7, 11) is 0. The normalized spacial score (nSPS) is 24.6. The van der Waals surface area contributed by atoms with E-state index in [4.69, 9.17) is 5.11 Å². The molecule has 0 aromatic heterocycles. The van der Waals surface area contributed by atoms with Crippen molar-refractivity contribution in [3.8, 4) is 0 Å². The average molecular weight is 256 g/mol. The van der Waals surface area contributed by atoms with Crippen molar-refractivity contribution in [2.75, 3.05) is 26.2 Å². The first-order valence-corrected chi connectivity index (χ1v) is 7.12. The highest BCUT2D eigenvalue weighted by Gasteiger charge is 2.27. The molecule has 0 spiro atoms. The van der Waals surface area contributed by atoms with Gasteiger partial charge in [0.2, 0.25) is 5.91 Å². The number of aliphatic hydroxyl groups is 1. The van der Waals surface area contributed by atoms with Gasteiger partial charge in [0.15, 0.2) is 0 Å². The molecule has 0 saturated carbocycles. The average Bonchev–Trinajstić information content (AvgIpc) is 2.28. The van der Waals surface area contributed by atoms with Crippen LogP contribution in [0.15, 0.2) is 0 Å². The number of nitrogens with zero attached hydrogens (tertiary/aromatic N) is 1. The van der Waals surface area contributed by atoms with E-state index in [1.807, 2.05) is 4.90 Å². The van der Waals surface area contributed by atoms with E-state index >= 15 is 0 Å². The van der Waals surface area contributed by atoms with Gasteiger partial charge in [-0.3, -0.25) is 4.79 Å². The van der Waals surface area contributed by atoms with E-state index < -0.39 is 0 Å². The molecular formula is C14H28N2O2. The van der Waals surface area contributed by atoms with Gasteiger partial charge in [-0.05, 0) is 37.6 Å². The van der Waals surface area contributed by atoms with Crippen LogP contribution >= 0.6 is 0 Å². The fourth-order valence-electron chi connectivity index (χ4n) is 2.58. The molecule has 4 heteroatoms. The van der Waals surface area contributed by atoms with E-state index in [1.54, 1.807) is 6.92 Å². The SMILES string of the molecule is CC(=O)N1CC(CCO)CC(NCCC(C)C)C1. The Morgan fingerprint density at radius 3 is 2.72 bits per heavy atom. The van der Waals surface area contributed by atoms with Gasteiger partial charge in [0.05, 0.1) is 0 Å². The molecule has 1 aliphatic heterocycles. The predicted octanol–water partition coefficient (Wildman–Crippen LogP) is 1.24.